The molecule has 0 heterocycles. The van der Waals surface area contributed by atoms with E-state index in [0.29, 0.717) is 29.6 Å². The average molecular weight is 621 g/mol. The summed E-state index contributed by atoms with van der Waals surface area (Å²) in [6, 6.07) is 9.50. The average Bonchev–Trinajstić information content (AvgIpc) is 3.23. The number of alkyl halides is 3. The molecule has 4 aliphatic carbocycles. The highest BCUT2D eigenvalue weighted by molar-refractivity contribution is 6.84. The van der Waals surface area contributed by atoms with Crippen molar-refractivity contribution in [2.75, 3.05) is 0 Å². The van der Waals surface area contributed by atoms with Gasteiger partial charge in [0.25, 0.3) is 0 Å². The summed E-state index contributed by atoms with van der Waals surface area (Å²) in [5.41, 5.74) is -2.10. The van der Waals surface area contributed by atoms with Crippen molar-refractivity contribution >= 4 is 13.5 Å². The maximum atomic E-state index is 14.7. The molecule has 0 amide bonds. The molecule has 4 saturated carbocycles. The van der Waals surface area contributed by atoms with Crippen molar-refractivity contribution in [1.82, 2.24) is 0 Å². The Balaban J connectivity index is 1.28. The summed E-state index contributed by atoms with van der Waals surface area (Å²) in [4.78, 5) is 0. The number of benzene rings is 1. The van der Waals surface area contributed by atoms with Crippen LogP contribution in [0, 0.1) is 46.3 Å². The van der Waals surface area contributed by atoms with Crippen LogP contribution >= 0.6 is 0 Å². The van der Waals surface area contributed by atoms with Gasteiger partial charge in [-0.05, 0) is 149 Å². The largest absolute Gasteiger partial charge is 0.416 e. The molecule has 6 heteroatoms. The summed E-state index contributed by atoms with van der Waals surface area (Å²) in [7, 11) is -2.76. The van der Waals surface area contributed by atoms with Crippen LogP contribution in [0.2, 0.25) is 13.1 Å². The van der Waals surface area contributed by atoms with E-state index < -0.39 is 25.7 Å². The van der Waals surface area contributed by atoms with Gasteiger partial charge in [-0.25, -0.2) is 0 Å². The smallest absolute Gasteiger partial charge is 0.399 e. The fraction of sp³-hybridized carbons (Fsp3) is 0.838. The van der Waals surface area contributed by atoms with Crippen LogP contribution < -0.4 is 5.19 Å². The van der Waals surface area contributed by atoms with Crippen molar-refractivity contribution < 1.29 is 22.7 Å². The van der Waals surface area contributed by atoms with E-state index in [4.69, 9.17) is 4.43 Å². The highest BCUT2D eigenvalue weighted by Crippen LogP contribution is 2.68. The van der Waals surface area contributed by atoms with Gasteiger partial charge in [-0.15, -0.1) is 0 Å². The van der Waals surface area contributed by atoms with Gasteiger partial charge in [0.1, 0.15) is 5.60 Å². The number of rotatable bonds is 8. The third kappa shape index (κ3) is 6.04. The van der Waals surface area contributed by atoms with Crippen molar-refractivity contribution in [1.29, 1.82) is 0 Å². The summed E-state index contributed by atoms with van der Waals surface area (Å²) in [6.45, 7) is 14.5. The molecule has 0 radical (unpaired) electrons. The summed E-state index contributed by atoms with van der Waals surface area (Å²) in [5, 5.41) is 12.2. The van der Waals surface area contributed by atoms with Crippen molar-refractivity contribution in [2.45, 2.75) is 149 Å². The molecule has 0 saturated heterocycles. The lowest BCUT2D eigenvalue weighted by atomic mass is 9.45. The van der Waals surface area contributed by atoms with Crippen molar-refractivity contribution in [2.24, 2.45) is 46.3 Å². The third-order valence-electron chi connectivity index (χ3n) is 14.1. The first-order valence-corrected chi connectivity index (χ1v) is 20.4. The lowest BCUT2D eigenvalue weighted by Gasteiger charge is -2.59. The molecular formula is C37H59F3O2Si. The van der Waals surface area contributed by atoms with Crippen LogP contribution in [0.4, 0.5) is 13.2 Å². The Kier molecular flexibility index (Phi) is 9.15. The first-order valence-electron chi connectivity index (χ1n) is 17.5. The van der Waals surface area contributed by atoms with Gasteiger partial charge >= 0.3 is 6.18 Å². The van der Waals surface area contributed by atoms with E-state index in [1.807, 2.05) is 43.4 Å². The van der Waals surface area contributed by atoms with Gasteiger partial charge < -0.3 is 9.53 Å². The Morgan fingerprint density at radius 2 is 1.63 bits per heavy atom. The van der Waals surface area contributed by atoms with E-state index in [1.54, 1.807) is 0 Å². The predicted octanol–water partition coefficient (Wildman–Crippen LogP) is 10.0. The standard InChI is InChI=1S/C37H59F3O2Si/c1-8-36(41)22-12-21-33(3)27(25-36)15-16-29-31-18-17-30(34(31,4)23-20-32(29)33)26(2)19-24-35(5,37(38,39)40)42-43(6,7)28-13-10-9-11-14-28/h9-11,13-14,26-27,29-32,41H,8,12,15-25H2,1-7H3/t26-,27+,29+,30-,31+,32+,33+,34-,35-,36+/m1/s1. The zero-order valence-corrected chi connectivity index (χ0v) is 29.0. The lowest BCUT2D eigenvalue weighted by molar-refractivity contribution is -0.248. The number of halogens is 3. The second-order valence-corrected chi connectivity index (χ2v) is 20.5. The molecule has 1 aromatic carbocycles. The van der Waals surface area contributed by atoms with Crippen LogP contribution in [-0.4, -0.2) is 30.8 Å². The Morgan fingerprint density at radius 3 is 2.28 bits per heavy atom. The Bertz CT molecular complexity index is 1110. The van der Waals surface area contributed by atoms with Crippen molar-refractivity contribution in [3.05, 3.63) is 30.3 Å². The second-order valence-electron chi connectivity index (χ2n) is 16.7. The highest BCUT2D eigenvalue weighted by Gasteiger charge is 2.61. The Labute approximate surface area is 261 Å². The Morgan fingerprint density at radius 1 is 0.953 bits per heavy atom. The molecule has 0 aromatic heterocycles. The molecule has 244 valence electrons. The molecule has 0 spiro atoms. The molecule has 0 unspecified atom stereocenters. The lowest BCUT2D eigenvalue weighted by Crippen LogP contribution is -2.57. The molecule has 0 aliphatic heterocycles. The fourth-order valence-corrected chi connectivity index (χ4v) is 13.8. The summed E-state index contributed by atoms with van der Waals surface area (Å²) >= 11 is 0. The van der Waals surface area contributed by atoms with Gasteiger partial charge in [-0.1, -0.05) is 64.4 Å². The zero-order valence-electron chi connectivity index (χ0n) is 28.0. The molecule has 43 heavy (non-hydrogen) atoms. The molecule has 0 bridgehead atoms. The second kappa shape index (κ2) is 11.7. The van der Waals surface area contributed by atoms with Crippen LogP contribution in [0.3, 0.4) is 0 Å². The Hall–Kier alpha value is -0.853. The highest BCUT2D eigenvalue weighted by atomic mass is 28.4. The molecular weight excluding hydrogens is 561 g/mol. The van der Waals surface area contributed by atoms with E-state index in [0.717, 1.165) is 49.1 Å². The van der Waals surface area contributed by atoms with Gasteiger partial charge in [0.15, 0.2) is 0 Å². The molecule has 5 rings (SSSR count). The third-order valence-corrected chi connectivity index (χ3v) is 16.8. The maximum Gasteiger partial charge on any atom is 0.416 e. The van der Waals surface area contributed by atoms with Crippen LogP contribution in [-0.2, 0) is 4.43 Å². The summed E-state index contributed by atoms with van der Waals surface area (Å²) < 4.78 is 50.2. The minimum atomic E-state index is -4.41. The van der Waals surface area contributed by atoms with Crippen LogP contribution in [0.25, 0.3) is 0 Å². The van der Waals surface area contributed by atoms with Gasteiger partial charge in [-0.2, -0.15) is 13.2 Å². The van der Waals surface area contributed by atoms with E-state index in [1.165, 1.54) is 45.4 Å². The van der Waals surface area contributed by atoms with Gasteiger partial charge in [0.2, 0.25) is 8.32 Å². The molecule has 10 atom stereocenters. The SMILES string of the molecule is CC[C@]1(O)CCC[C@@]2(C)[C@@H](CC[C@@H]3[C@@H]2CC[C@]2(C)[C@@H]([C@H](C)CC[C@@](C)(O[Si](C)(C)c4ccccc4)C(F)(F)F)CC[C@@H]32)C1. The van der Waals surface area contributed by atoms with E-state index in [2.05, 4.69) is 27.7 Å². The van der Waals surface area contributed by atoms with E-state index in [9.17, 15) is 18.3 Å². The first-order chi connectivity index (χ1) is 20.0. The quantitative estimate of drug-likeness (QED) is 0.293. The van der Waals surface area contributed by atoms with Gasteiger partial charge in [-0.3, -0.25) is 0 Å². The number of hydrogen-bond acceptors (Lipinski definition) is 2. The van der Waals surface area contributed by atoms with Gasteiger partial charge in [0, 0.05) is 0 Å². The van der Waals surface area contributed by atoms with Crippen LogP contribution in [0.15, 0.2) is 30.3 Å². The minimum Gasteiger partial charge on any atom is -0.399 e. The molecule has 2 nitrogen and oxygen atoms in total. The molecule has 4 fully saturated rings. The van der Waals surface area contributed by atoms with E-state index in [-0.39, 0.29) is 17.8 Å². The van der Waals surface area contributed by atoms with E-state index >= 15 is 0 Å². The van der Waals surface area contributed by atoms with Crippen LogP contribution in [0.1, 0.15) is 118 Å². The number of fused-ring (bicyclic) bond motifs is 5. The monoisotopic (exact) mass is 620 g/mol. The van der Waals surface area contributed by atoms with Crippen LogP contribution in [0.5, 0.6) is 0 Å². The predicted molar refractivity (Wildman–Crippen MR) is 173 cm³/mol. The van der Waals surface area contributed by atoms with Gasteiger partial charge in [0.05, 0.1) is 5.60 Å². The number of hydrogen-bond donors (Lipinski definition) is 1. The minimum absolute atomic E-state index is 0.0182. The fourth-order valence-electron chi connectivity index (χ4n) is 11.3. The summed E-state index contributed by atoms with van der Waals surface area (Å²) in [6.07, 6.45) is 8.62. The molecule has 1 N–H and O–H groups in total. The number of aliphatic hydroxyl groups is 1. The zero-order chi connectivity index (χ0) is 31.5. The summed E-state index contributed by atoms with van der Waals surface area (Å²) in [5.74, 6) is 3.46. The normalized spacial score (nSPS) is 40.5. The maximum absolute atomic E-state index is 14.7. The molecule has 4 aliphatic rings. The van der Waals surface area contributed by atoms with Crippen molar-refractivity contribution in [3.63, 3.8) is 0 Å². The van der Waals surface area contributed by atoms with Crippen molar-refractivity contribution in [3.8, 4) is 0 Å². The first kappa shape index (κ1) is 33.5. The topological polar surface area (TPSA) is 29.5 Å². The molecule has 1 aromatic rings.